The number of sulfonamides is 1. The van der Waals surface area contributed by atoms with E-state index in [9.17, 15) is 8.42 Å². The van der Waals surface area contributed by atoms with E-state index in [0.717, 1.165) is 0 Å². The third-order valence-electron chi connectivity index (χ3n) is 3.77. The lowest BCUT2D eigenvalue weighted by Gasteiger charge is -2.25. The number of hydrogen-bond donors (Lipinski definition) is 2. The molecule has 0 heterocycles. The van der Waals surface area contributed by atoms with Gasteiger partial charge in [-0.3, -0.25) is 0 Å². The largest absolute Gasteiger partial charge is 0.326 e. The van der Waals surface area contributed by atoms with Crippen molar-refractivity contribution < 1.29 is 8.42 Å². The fourth-order valence-electron chi connectivity index (χ4n) is 2.41. The molecule has 0 atom stereocenters. The van der Waals surface area contributed by atoms with Gasteiger partial charge in [-0.1, -0.05) is 39.3 Å². The van der Waals surface area contributed by atoms with Crippen molar-refractivity contribution in [2.24, 2.45) is 23.5 Å². The molecule has 6 heteroatoms. The molecule has 0 aliphatic rings. The van der Waals surface area contributed by atoms with Gasteiger partial charge in [0, 0.05) is 18.1 Å². The van der Waals surface area contributed by atoms with Gasteiger partial charge in [-0.05, 0) is 41.5 Å². The third kappa shape index (κ3) is 4.95. The predicted molar refractivity (Wildman–Crippen MR) is 87.7 cm³/mol. The molecule has 120 valence electrons. The van der Waals surface area contributed by atoms with Crippen molar-refractivity contribution in [2.75, 3.05) is 6.54 Å². The van der Waals surface area contributed by atoms with Gasteiger partial charge in [-0.15, -0.1) is 0 Å². The van der Waals surface area contributed by atoms with Gasteiger partial charge in [-0.25, -0.2) is 13.1 Å². The second kappa shape index (κ2) is 7.58. The van der Waals surface area contributed by atoms with Gasteiger partial charge in [0.05, 0.1) is 4.90 Å². The Hall–Kier alpha value is -0.620. The number of benzene rings is 1. The number of halogens is 1. The fourth-order valence-corrected chi connectivity index (χ4v) is 3.72. The molecule has 3 N–H and O–H groups in total. The monoisotopic (exact) mass is 332 g/mol. The van der Waals surface area contributed by atoms with Crippen molar-refractivity contribution in [3.8, 4) is 0 Å². The van der Waals surface area contributed by atoms with E-state index in [1.165, 1.54) is 12.1 Å². The van der Waals surface area contributed by atoms with Gasteiger partial charge in [0.1, 0.15) is 0 Å². The molecule has 0 fully saturated rings. The van der Waals surface area contributed by atoms with E-state index in [1.807, 2.05) is 0 Å². The lowest BCUT2D eigenvalue weighted by atomic mass is 9.86. The molecule has 0 aromatic heterocycles. The van der Waals surface area contributed by atoms with Crippen LogP contribution in [0, 0.1) is 17.8 Å². The summed E-state index contributed by atoms with van der Waals surface area (Å²) in [5, 5.41) is 0.485. The zero-order valence-electron chi connectivity index (χ0n) is 13.1. The minimum absolute atomic E-state index is 0.207. The Morgan fingerprint density at radius 1 is 1.19 bits per heavy atom. The van der Waals surface area contributed by atoms with Crippen LogP contribution in [0.15, 0.2) is 23.1 Å². The lowest BCUT2D eigenvalue weighted by molar-refractivity contribution is 0.289. The summed E-state index contributed by atoms with van der Waals surface area (Å²) < 4.78 is 27.4. The lowest BCUT2D eigenvalue weighted by Crippen LogP contribution is -2.34. The van der Waals surface area contributed by atoms with Gasteiger partial charge in [0.15, 0.2) is 0 Å². The molecule has 0 aliphatic carbocycles. The van der Waals surface area contributed by atoms with E-state index in [1.54, 1.807) is 6.07 Å². The molecule has 0 saturated carbocycles. The van der Waals surface area contributed by atoms with E-state index < -0.39 is 10.0 Å². The summed E-state index contributed by atoms with van der Waals surface area (Å²) in [6, 6.07) is 4.61. The highest BCUT2D eigenvalue weighted by molar-refractivity contribution is 7.89. The summed E-state index contributed by atoms with van der Waals surface area (Å²) in [6.07, 6.45) is 0. The Morgan fingerprint density at radius 3 is 2.24 bits per heavy atom. The van der Waals surface area contributed by atoms with E-state index in [-0.39, 0.29) is 11.4 Å². The zero-order chi connectivity index (χ0) is 16.2. The molecule has 0 spiro atoms. The number of nitrogens with one attached hydrogen (secondary N) is 1. The highest BCUT2D eigenvalue weighted by Gasteiger charge is 2.22. The van der Waals surface area contributed by atoms with Crippen LogP contribution in [0.4, 0.5) is 0 Å². The quantitative estimate of drug-likeness (QED) is 0.806. The summed E-state index contributed by atoms with van der Waals surface area (Å²) in [5.41, 5.74) is 6.19. The van der Waals surface area contributed by atoms with Gasteiger partial charge in [0.25, 0.3) is 0 Å². The zero-order valence-corrected chi connectivity index (χ0v) is 14.6. The van der Waals surface area contributed by atoms with Crippen molar-refractivity contribution in [2.45, 2.75) is 39.1 Å². The third-order valence-corrected chi connectivity index (χ3v) is 5.56. The van der Waals surface area contributed by atoms with Crippen molar-refractivity contribution in [1.82, 2.24) is 4.72 Å². The summed E-state index contributed by atoms with van der Waals surface area (Å²) in [5.74, 6) is 1.12. The Labute approximate surface area is 133 Å². The van der Waals surface area contributed by atoms with Crippen LogP contribution in [0.25, 0.3) is 0 Å². The molecule has 1 rings (SSSR count). The molecule has 21 heavy (non-hydrogen) atoms. The molecule has 1 aromatic carbocycles. The van der Waals surface area contributed by atoms with Gasteiger partial charge < -0.3 is 5.73 Å². The SMILES string of the molecule is CC(C)C(CNS(=O)(=O)c1ccc(Cl)c(CN)c1)C(C)C. The second-order valence-electron chi connectivity index (χ2n) is 5.96. The van der Waals surface area contributed by atoms with Crippen molar-refractivity contribution in [3.05, 3.63) is 28.8 Å². The molecule has 1 aromatic rings. The number of rotatable bonds is 7. The summed E-state index contributed by atoms with van der Waals surface area (Å²) in [4.78, 5) is 0.207. The van der Waals surface area contributed by atoms with Crippen LogP contribution in [-0.4, -0.2) is 15.0 Å². The van der Waals surface area contributed by atoms with Gasteiger partial charge >= 0.3 is 0 Å². The maximum Gasteiger partial charge on any atom is 0.240 e. The minimum Gasteiger partial charge on any atom is -0.326 e. The van der Waals surface area contributed by atoms with E-state index in [2.05, 4.69) is 32.4 Å². The topological polar surface area (TPSA) is 72.2 Å². The summed E-state index contributed by atoms with van der Waals surface area (Å²) in [7, 11) is -3.54. The molecule has 0 aliphatic heterocycles. The van der Waals surface area contributed by atoms with Gasteiger partial charge in [-0.2, -0.15) is 0 Å². The molecular weight excluding hydrogens is 308 g/mol. The normalized spacial score (nSPS) is 12.6. The van der Waals surface area contributed by atoms with Crippen molar-refractivity contribution in [1.29, 1.82) is 0 Å². The second-order valence-corrected chi connectivity index (χ2v) is 8.14. The number of nitrogens with two attached hydrogens (primary N) is 1. The standard InChI is InChI=1S/C15H25ClN2O2S/c1-10(2)14(11(3)4)9-18-21(19,20)13-5-6-15(16)12(7-13)8-17/h5-7,10-11,14,18H,8-9,17H2,1-4H3. The predicted octanol–water partition coefficient (Wildman–Crippen LogP) is 3.01. The molecule has 0 unspecified atom stereocenters. The average molecular weight is 333 g/mol. The van der Waals surface area contributed by atoms with Crippen LogP contribution < -0.4 is 10.5 Å². The van der Waals surface area contributed by atoms with Crippen LogP contribution in [0.2, 0.25) is 5.02 Å². The highest BCUT2D eigenvalue weighted by atomic mass is 35.5. The van der Waals surface area contributed by atoms with Crippen LogP contribution in [-0.2, 0) is 16.6 Å². The molecular formula is C15H25ClN2O2S. The van der Waals surface area contributed by atoms with Crippen molar-refractivity contribution in [3.63, 3.8) is 0 Å². The first-order valence-electron chi connectivity index (χ1n) is 7.17. The van der Waals surface area contributed by atoms with E-state index >= 15 is 0 Å². The maximum atomic E-state index is 12.4. The maximum absolute atomic E-state index is 12.4. The van der Waals surface area contributed by atoms with Gasteiger partial charge in [0.2, 0.25) is 10.0 Å². The van der Waals surface area contributed by atoms with Crippen LogP contribution >= 0.6 is 11.6 Å². The first kappa shape index (κ1) is 18.4. The number of hydrogen-bond acceptors (Lipinski definition) is 3. The summed E-state index contributed by atoms with van der Waals surface area (Å²) in [6.45, 7) is 9.06. The van der Waals surface area contributed by atoms with Crippen LogP contribution in [0.3, 0.4) is 0 Å². The van der Waals surface area contributed by atoms with E-state index in [0.29, 0.717) is 34.9 Å². The van der Waals surface area contributed by atoms with E-state index in [4.69, 9.17) is 17.3 Å². The molecule has 4 nitrogen and oxygen atoms in total. The Bertz CT molecular complexity index is 563. The Balaban J connectivity index is 2.91. The molecule has 0 amide bonds. The van der Waals surface area contributed by atoms with Crippen LogP contribution in [0.5, 0.6) is 0 Å². The smallest absolute Gasteiger partial charge is 0.240 e. The first-order valence-corrected chi connectivity index (χ1v) is 9.03. The fraction of sp³-hybridized carbons (Fsp3) is 0.600. The molecule has 0 radical (unpaired) electrons. The van der Waals surface area contributed by atoms with Crippen molar-refractivity contribution >= 4 is 21.6 Å². The summed E-state index contributed by atoms with van der Waals surface area (Å²) >= 11 is 5.96. The first-order chi connectivity index (χ1) is 9.69. The molecule has 0 saturated heterocycles. The highest BCUT2D eigenvalue weighted by Crippen LogP contribution is 2.22. The minimum atomic E-state index is -3.54. The molecule has 0 bridgehead atoms. The average Bonchev–Trinajstić information content (AvgIpc) is 2.38. The Kier molecular flexibility index (Phi) is 6.66. The Morgan fingerprint density at radius 2 is 1.76 bits per heavy atom. The van der Waals surface area contributed by atoms with Crippen LogP contribution in [0.1, 0.15) is 33.3 Å².